The average molecular weight is 435 g/mol. The molecule has 0 aliphatic carbocycles. The van der Waals surface area contributed by atoms with Crippen molar-refractivity contribution in [2.45, 2.75) is 19.4 Å². The molecule has 134 valence electrons. The first-order valence-electron chi connectivity index (χ1n) is 7.79. The summed E-state index contributed by atoms with van der Waals surface area (Å²) in [7, 11) is 0. The summed E-state index contributed by atoms with van der Waals surface area (Å²) in [5.41, 5.74) is 5.67. The van der Waals surface area contributed by atoms with Crippen LogP contribution in [-0.2, 0) is 11.3 Å². The third kappa shape index (κ3) is 4.96. The summed E-state index contributed by atoms with van der Waals surface area (Å²) in [5.74, 6) is -0.0821. The predicted molar refractivity (Wildman–Crippen MR) is 100 cm³/mol. The summed E-state index contributed by atoms with van der Waals surface area (Å²) in [6, 6.07) is 13.0. The number of benzene rings is 1. The van der Waals surface area contributed by atoms with Gasteiger partial charge in [-0.05, 0) is 39.7 Å². The van der Waals surface area contributed by atoms with Gasteiger partial charge in [-0.2, -0.15) is 4.80 Å². The van der Waals surface area contributed by atoms with Crippen molar-refractivity contribution < 1.29 is 9.59 Å². The standard InChI is InChI=1S/C16H15BrN6O2S/c17-13-9-8-12(26-13)16(25)20-18-14(24)7-4-10-23-21-15(19-22-23)11-5-2-1-3-6-11/h1-3,5-6,8-9H,4,7,10H2,(H,18,24)(H,20,25). The minimum atomic E-state index is -0.348. The molecule has 0 spiro atoms. The van der Waals surface area contributed by atoms with Crippen molar-refractivity contribution in [2.75, 3.05) is 0 Å². The van der Waals surface area contributed by atoms with E-state index in [2.05, 4.69) is 42.2 Å². The highest BCUT2D eigenvalue weighted by molar-refractivity contribution is 9.11. The number of thiophene rings is 1. The van der Waals surface area contributed by atoms with Gasteiger partial charge in [0.2, 0.25) is 11.7 Å². The van der Waals surface area contributed by atoms with Gasteiger partial charge < -0.3 is 0 Å². The van der Waals surface area contributed by atoms with Gasteiger partial charge in [0.15, 0.2) is 0 Å². The fourth-order valence-corrected chi connectivity index (χ4v) is 3.39. The number of aromatic nitrogens is 4. The van der Waals surface area contributed by atoms with Gasteiger partial charge >= 0.3 is 0 Å². The summed E-state index contributed by atoms with van der Waals surface area (Å²) in [5, 5.41) is 12.3. The smallest absolute Gasteiger partial charge is 0.273 e. The van der Waals surface area contributed by atoms with Crippen LogP contribution < -0.4 is 10.9 Å². The van der Waals surface area contributed by atoms with Crippen LogP contribution in [0.15, 0.2) is 46.3 Å². The zero-order valence-corrected chi connectivity index (χ0v) is 16.0. The Morgan fingerprint density at radius 3 is 2.65 bits per heavy atom. The predicted octanol–water partition coefficient (Wildman–Crippen LogP) is 2.41. The third-order valence-electron chi connectivity index (χ3n) is 3.36. The number of aryl methyl sites for hydroxylation is 1. The quantitative estimate of drug-likeness (QED) is 0.579. The summed E-state index contributed by atoms with van der Waals surface area (Å²) in [6.45, 7) is 0.457. The van der Waals surface area contributed by atoms with Crippen LogP contribution in [0.5, 0.6) is 0 Å². The van der Waals surface area contributed by atoms with E-state index >= 15 is 0 Å². The molecule has 0 saturated carbocycles. The Hall–Kier alpha value is -2.59. The van der Waals surface area contributed by atoms with Crippen LogP contribution in [0.1, 0.15) is 22.5 Å². The maximum absolute atomic E-state index is 11.8. The second-order valence-electron chi connectivity index (χ2n) is 5.28. The van der Waals surface area contributed by atoms with Crippen molar-refractivity contribution in [3.8, 4) is 11.4 Å². The Morgan fingerprint density at radius 1 is 1.12 bits per heavy atom. The van der Waals surface area contributed by atoms with Crippen LogP contribution in [0, 0.1) is 0 Å². The molecule has 8 nitrogen and oxygen atoms in total. The molecule has 2 aromatic heterocycles. The molecule has 0 fully saturated rings. The molecule has 2 N–H and O–H groups in total. The van der Waals surface area contributed by atoms with Crippen LogP contribution >= 0.6 is 27.3 Å². The number of halogens is 1. The van der Waals surface area contributed by atoms with Crippen molar-refractivity contribution in [1.29, 1.82) is 0 Å². The first-order chi connectivity index (χ1) is 12.6. The first-order valence-corrected chi connectivity index (χ1v) is 9.40. The molecule has 0 unspecified atom stereocenters. The average Bonchev–Trinajstić information content (AvgIpc) is 3.30. The summed E-state index contributed by atoms with van der Waals surface area (Å²) in [4.78, 5) is 25.6. The van der Waals surface area contributed by atoms with Gasteiger partial charge in [0, 0.05) is 12.0 Å². The number of nitrogens with zero attached hydrogens (tertiary/aromatic N) is 4. The molecule has 0 bridgehead atoms. The lowest BCUT2D eigenvalue weighted by Crippen LogP contribution is -2.41. The molecule has 2 amide bonds. The van der Waals surface area contributed by atoms with Gasteiger partial charge in [-0.1, -0.05) is 30.3 Å². The summed E-state index contributed by atoms with van der Waals surface area (Å²) < 4.78 is 0.851. The number of hydrogen-bond donors (Lipinski definition) is 2. The fourth-order valence-electron chi connectivity index (χ4n) is 2.11. The molecule has 0 aliphatic heterocycles. The molecule has 1 aromatic carbocycles. The van der Waals surface area contributed by atoms with Crippen LogP contribution in [-0.4, -0.2) is 32.0 Å². The Bertz CT molecular complexity index is 895. The highest BCUT2D eigenvalue weighted by Crippen LogP contribution is 2.21. The van der Waals surface area contributed by atoms with Gasteiger partial charge in [0.25, 0.3) is 5.91 Å². The highest BCUT2D eigenvalue weighted by Gasteiger charge is 2.10. The van der Waals surface area contributed by atoms with Crippen molar-refractivity contribution in [2.24, 2.45) is 0 Å². The second kappa shape index (κ2) is 8.68. The normalized spacial score (nSPS) is 10.5. The van der Waals surface area contributed by atoms with Crippen LogP contribution in [0.25, 0.3) is 11.4 Å². The molecule has 3 rings (SSSR count). The number of hydrazine groups is 1. The van der Waals surface area contributed by atoms with E-state index in [1.54, 1.807) is 12.1 Å². The van der Waals surface area contributed by atoms with Gasteiger partial charge in [0.05, 0.1) is 15.2 Å². The second-order valence-corrected chi connectivity index (χ2v) is 7.75. The molecule has 26 heavy (non-hydrogen) atoms. The van der Waals surface area contributed by atoms with E-state index in [0.717, 1.165) is 9.35 Å². The number of carbonyl (C=O) groups excluding carboxylic acids is 2. The lowest BCUT2D eigenvalue weighted by molar-refractivity contribution is -0.122. The lowest BCUT2D eigenvalue weighted by Gasteiger charge is -2.05. The fraction of sp³-hybridized carbons (Fsp3) is 0.188. The molecule has 10 heteroatoms. The van der Waals surface area contributed by atoms with E-state index in [1.165, 1.54) is 16.1 Å². The molecule has 0 aliphatic rings. The number of nitrogens with one attached hydrogen (secondary N) is 2. The number of amides is 2. The van der Waals surface area contributed by atoms with Gasteiger partial charge in [-0.25, -0.2) is 0 Å². The maximum atomic E-state index is 11.8. The van der Waals surface area contributed by atoms with E-state index in [0.29, 0.717) is 23.7 Å². The van der Waals surface area contributed by atoms with Crippen LogP contribution in [0.3, 0.4) is 0 Å². The minimum absolute atomic E-state index is 0.233. The van der Waals surface area contributed by atoms with Gasteiger partial charge in [0.1, 0.15) is 0 Å². The monoisotopic (exact) mass is 434 g/mol. The van der Waals surface area contributed by atoms with E-state index in [-0.39, 0.29) is 18.2 Å². The molecular weight excluding hydrogens is 420 g/mol. The molecule has 2 heterocycles. The first kappa shape index (κ1) is 18.2. The molecule has 0 saturated heterocycles. The number of rotatable bonds is 6. The summed E-state index contributed by atoms with van der Waals surface area (Å²) >= 11 is 4.57. The van der Waals surface area contributed by atoms with Crippen molar-refractivity contribution in [3.63, 3.8) is 0 Å². The molecule has 0 atom stereocenters. The number of tetrazole rings is 1. The minimum Gasteiger partial charge on any atom is -0.273 e. The largest absolute Gasteiger partial charge is 0.279 e. The topological polar surface area (TPSA) is 102 Å². The van der Waals surface area contributed by atoms with Gasteiger partial charge in [-0.15, -0.1) is 21.5 Å². The van der Waals surface area contributed by atoms with Crippen LogP contribution in [0.2, 0.25) is 0 Å². The maximum Gasteiger partial charge on any atom is 0.279 e. The van der Waals surface area contributed by atoms with E-state index in [4.69, 9.17) is 0 Å². The van der Waals surface area contributed by atoms with E-state index in [9.17, 15) is 9.59 Å². The Balaban J connectivity index is 1.40. The zero-order chi connectivity index (χ0) is 18.4. The summed E-state index contributed by atoms with van der Waals surface area (Å²) in [6.07, 6.45) is 0.757. The Labute approximate surface area is 161 Å². The van der Waals surface area contributed by atoms with Crippen molar-refractivity contribution in [1.82, 2.24) is 31.1 Å². The lowest BCUT2D eigenvalue weighted by atomic mass is 10.2. The van der Waals surface area contributed by atoms with E-state index < -0.39 is 0 Å². The number of hydrogen-bond acceptors (Lipinski definition) is 6. The highest BCUT2D eigenvalue weighted by atomic mass is 79.9. The van der Waals surface area contributed by atoms with Crippen molar-refractivity contribution >= 4 is 39.1 Å². The molecule has 0 radical (unpaired) electrons. The zero-order valence-electron chi connectivity index (χ0n) is 13.6. The molecule has 3 aromatic rings. The van der Waals surface area contributed by atoms with Gasteiger partial charge in [-0.3, -0.25) is 20.4 Å². The third-order valence-corrected chi connectivity index (χ3v) is 4.98. The Kier molecular flexibility index (Phi) is 6.08. The van der Waals surface area contributed by atoms with Crippen molar-refractivity contribution in [3.05, 3.63) is 51.1 Å². The SMILES string of the molecule is O=C(CCCn1nnc(-c2ccccc2)n1)NNC(=O)c1ccc(Br)s1. The number of carbonyl (C=O) groups is 2. The Morgan fingerprint density at radius 2 is 1.92 bits per heavy atom. The van der Waals surface area contributed by atoms with Crippen LogP contribution in [0.4, 0.5) is 0 Å². The van der Waals surface area contributed by atoms with E-state index in [1.807, 2.05) is 30.3 Å². The molecular formula is C16H15BrN6O2S.